The van der Waals surface area contributed by atoms with Gasteiger partial charge in [-0.3, -0.25) is 14.3 Å². The monoisotopic (exact) mass is 352 g/mol. The maximum atomic E-state index is 12.3. The average molecular weight is 353 g/mol. The van der Waals surface area contributed by atoms with Crippen molar-refractivity contribution >= 4 is 38.1 Å². The number of rotatable bonds is 4. The second-order valence-electron chi connectivity index (χ2n) is 4.62. The number of nitrogens with one attached hydrogen (secondary N) is 1. The number of hydrogen-bond acceptors (Lipinski definition) is 5. The van der Waals surface area contributed by atoms with E-state index in [0.29, 0.717) is 24.3 Å². The van der Waals surface area contributed by atoms with Gasteiger partial charge in [0.1, 0.15) is 4.90 Å². The predicted molar refractivity (Wildman–Crippen MR) is 79.3 cm³/mol. The number of hydrogen-bond donors (Lipinski definition) is 1. The lowest BCUT2D eigenvalue weighted by atomic mass is 10.2. The van der Waals surface area contributed by atoms with Crippen molar-refractivity contribution in [3.8, 4) is 0 Å². The van der Waals surface area contributed by atoms with E-state index in [0.717, 1.165) is 12.1 Å². The highest BCUT2D eigenvalue weighted by Crippen LogP contribution is 2.26. The number of nitro groups is 1. The standard InChI is InChI=1S/C11H13ClN2O5S2/c12-10-2-1-9(14(15)16)7-11(10)21(18,19)13-8-3-5-20(17)6-4-8/h1-2,7-8,13H,3-6H2. The molecule has 0 aliphatic carbocycles. The molecule has 1 aliphatic rings. The number of sulfonamides is 1. The minimum Gasteiger partial charge on any atom is -0.260 e. The third-order valence-corrected chi connectivity index (χ3v) is 6.51. The molecule has 1 saturated heterocycles. The van der Waals surface area contributed by atoms with Gasteiger partial charge < -0.3 is 0 Å². The van der Waals surface area contributed by atoms with Gasteiger partial charge in [-0.05, 0) is 18.9 Å². The summed E-state index contributed by atoms with van der Waals surface area (Å²) in [6.45, 7) is 0. The van der Waals surface area contributed by atoms with Crippen molar-refractivity contribution in [2.75, 3.05) is 11.5 Å². The Morgan fingerprint density at radius 3 is 2.52 bits per heavy atom. The number of nitrogens with zero attached hydrogens (tertiary/aromatic N) is 1. The first-order valence-corrected chi connectivity index (χ1v) is 9.46. The van der Waals surface area contributed by atoms with Gasteiger partial charge in [0.25, 0.3) is 5.69 Å². The van der Waals surface area contributed by atoms with Gasteiger partial charge in [-0.1, -0.05) is 11.6 Å². The quantitative estimate of drug-likeness (QED) is 0.651. The molecular formula is C11H13ClN2O5S2. The van der Waals surface area contributed by atoms with Crippen LogP contribution in [-0.2, 0) is 20.8 Å². The van der Waals surface area contributed by atoms with E-state index in [1.807, 2.05) is 0 Å². The van der Waals surface area contributed by atoms with Crippen molar-refractivity contribution in [3.05, 3.63) is 33.3 Å². The Morgan fingerprint density at radius 1 is 1.33 bits per heavy atom. The molecule has 0 aromatic heterocycles. The molecule has 1 heterocycles. The molecule has 21 heavy (non-hydrogen) atoms. The highest BCUT2D eigenvalue weighted by molar-refractivity contribution is 7.89. The highest BCUT2D eigenvalue weighted by Gasteiger charge is 2.27. The summed E-state index contributed by atoms with van der Waals surface area (Å²) >= 11 is 5.84. The van der Waals surface area contributed by atoms with Crippen molar-refractivity contribution < 1.29 is 17.6 Å². The summed E-state index contributed by atoms with van der Waals surface area (Å²) < 4.78 is 38.3. The SMILES string of the molecule is O=[N+]([O-])c1ccc(Cl)c(S(=O)(=O)NC2CCS(=O)CC2)c1. The van der Waals surface area contributed by atoms with Gasteiger partial charge in [0.2, 0.25) is 10.0 Å². The number of halogens is 1. The van der Waals surface area contributed by atoms with E-state index in [1.165, 1.54) is 6.07 Å². The summed E-state index contributed by atoms with van der Waals surface area (Å²) in [6.07, 6.45) is 0.941. The molecule has 0 unspecified atom stereocenters. The zero-order valence-corrected chi connectivity index (χ0v) is 13.2. The van der Waals surface area contributed by atoms with Crippen LogP contribution in [0.2, 0.25) is 5.02 Å². The highest BCUT2D eigenvalue weighted by atomic mass is 35.5. The molecule has 1 fully saturated rings. The lowest BCUT2D eigenvalue weighted by molar-refractivity contribution is -0.385. The Kier molecular flexibility index (Phi) is 4.97. The van der Waals surface area contributed by atoms with Crippen LogP contribution in [0.5, 0.6) is 0 Å². The van der Waals surface area contributed by atoms with E-state index in [4.69, 9.17) is 11.6 Å². The Morgan fingerprint density at radius 2 is 1.95 bits per heavy atom. The third-order valence-electron chi connectivity index (χ3n) is 3.12. The second kappa shape index (κ2) is 6.39. The van der Waals surface area contributed by atoms with Crippen LogP contribution in [0.4, 0.5) is 5.69 Å². The van der Waals surface area contributed by atoms with Gasteiger partial charge in [-0.25, -0.2) is 13.1 Å². The first-order valence-electron chi connectivity index (χ1n) is 6.11. The van der Waals surface area contributed by atoms with Gasteiger partial charge >= 0.3 is 0 Å². The normalized spacial score (nSPS) is 22.9. The fraction of sp³-hybridized carbons (Fsp3) is 0.455. The molecule has 1 N–H and O–H groups in total. The van der Waals surface area contributed by atoms with Gasteiger partial charge in [0, 0.05) is 40.5 Å². The van der Waals surface area contributed by atoms with Crippen molar-refractivity contribution in [2.24, 2.45) is 0 Å². The van der Waals surface area contributed by atoms with Crippen LogP contribution in [0.25, 0.3) is 0 Å². The van der Waals surface area contributed by atoms with Crippen LogP contribution >= 0.6 is 11.6 Å². The van der Waals surface area contributed by atoms with E-state index in [2.05, 4.69) is 4.72 Å². The van der Waals surface area contributed by atoms with Gasteiger partial charge in [-0.2, -0.15) is 0 Å². The molecule has 0 bridgehead atoms. The van der Waals surface area contributed by atoms with E-state index in [9.17, 15) is 22.7 Å². The van der Waals surface area contributed by atoms with Crippen molar-refractivity contribution in [2.45, 2.75) is 23.8 Å². The lowest BCUT2D eigenvalue weighted by Gasteiger charge is -2.22. The Bertz CT molecular complexity index is 682. The number of benzene rings is 1. The summed E-state index contributed by atoms with van der Waals surface area (Å²) in [5, 5.41) is 10.7. The Hall–Kier alpha value is -1.03. The second-order valence-corrected chi connectivity index (χ2v) is 8.40. The summed E-state index contributed by atoms with van der Waals surface area (Å²) in [7, 11) is -4.85. The molecule has 1 aliphatic heterocycles. The van der Waals surface area contributed by atoms with E-state index in [-0.39, 0.29) is 21.6 Å². The molecule has 0 radical (unpaired) electrons. The molecule has 1 aromatic carbocycles. The smallest absolute Gasteiger partial charge is 0.260 e. The molecule has 0 spiro atoms. The fourth-order valence-electron chi connectivity index (χ4n) is 2.01. The van der Waals surface area contributed by atoms with Gasteiger partial charge in [0.05, 0.1) is 9.95 Å². The van der Waals surface area contributed by atoms with Crippen molar-refractivity contribution in [1.29, 1.82) is 0 Å². The van der Waals surface area contributed by atoms with E-state index in [1.54, 1.807) is 0 Å². The maximum absolute atomic E-state index is 12.3. The maximum Gasteiger partial charge on any atom is 0.270 e. The van der Waals surface area contributed by atoms with Crippen LogP contribution < -0.4 is 4.72 Å². The average Bonchev–Trinajstić information content (AvgIpc) is 2.41. The van der Waals surface area contributed by atoms with Gasteiger partial charge in [0.15, 0.2) is 0 Å². The number of non-ortho nitro benzene ring substituents is 1. The predicted octanol–water partition coefficient (Wildman–Crippen LogP) is 1.44. The van der Waals surface area contributed by atoms with E-state index < -0.39 is 25.7 Å². The zero-order chi connectivity index (χ0) is 15.6. The van der Waals surface area contributed by atoms with E-state index >= 15 is 0 Å². The Balaban J connectivity index is 2.25. The van der Waals surface area contributed by atoms with Crippen molar-refractivity contribution in [1.82, 2.24) is 4.72 Å². The molecule has 1 aromatic rings. The summed E-state index contributed by atoms with van der Waals surface area (Å²) in [5.74, 6) is 0.881. The van der Waals surface area contributed by atoms with Crippen molar-refractivity contribution in [3.63, 3.8) is 0 Å². The minimum atomic E-state index is -3.95. The fourth-order valence-corrected chi connectivity index (χ4v) is 5.13. The third kappa shape index (κ3) is 4.00. The van der Waals surface area contributed by atoms with Crippen LogP contribution in [0.1, 0.15) is 12.8 Å². The first-order chi connectivity index (χ1) is 9.79. The Labute approximate surface area is 129 Å². The molecule has 7 nitrogen and oxygen atoms in total. The van der Waals surface area contributed by atoms with Crippen LogP contribution in [-0.4, -0.2) is 35.1 Å². The molecule has 0 saturated carbocycles. The first kappa shape index (κ1) is 16.3. The summed E-state index contributed by atoms with van der Waals surface area (Å²) in [4.78, 5) is 9.73. The molecule has 2 rings (SSSR count). The molecule has 10 heteroatoms. The summed E-state index contributed by atoms with van der Waals surface area (Å²) in [6, 6.07) is 2.93. The van der Waals surface area contributed by atoms with Crippen LogP contribution in [0.15, 0.2) is 23.1 Å². The van der Waals surface area contributed by atoms with Gasteiger partial charge in [-0.15, -0.1) is 0 Å². The minimum absolute atomic E-state index is 0.0764. The van der Waals surface area contributed by atoms with Crippen LogP contribution in [0, 0.1) is 10.1 Å². The number of nitro benzene ring substituents is 1. The molecular weight excluding hydrogens is 340 g/mol. The summed E-state index contributed by atoms with van der Waals surface area (Å²) in [5.41, 5.74) is -0.343. The molecule has 0 atom stereocenters. The lowest BCUT2D eigenvalue weighted by Crippen LogP contribution is -2.39. The molecule has 0 amide bonds. The topological polar surface area (TPSA) is 106 Å². The zero-order valence-electron chi connectivity index (χ0n) is 10.8. The molecule has 116 valence electrons. The van der Waals surface area contributed by atoms with Crippen LogP contribution in [0.3, 0.4) is 0 Å². The largest absolute Gasteiger partial charge is 0.270 e.